The molecular formula is C16H24F3N3O3S. The zero-order chi connectivity index (χ0) is 19.8. The van der Waals surface area contributed by atoms with Crippen LogP contribution in [0.5, 0.6) is 0 Å². The molecule has 0 aromatic heterocycles. The fourth-order valence-electron chi connectivity index (χ4n) is 2.29. The van der Waals surface area contributed by atoms with Gasteiger partial charge in [0.2, 0.25) is 10.0 Å². The quantitative estimate of drug-likeness (QED) is 0.597. The minimum Gasteiger partial charge on any atom is -0.352 e. The second-order valence-corrected chi connectivity index (χ2v) is 7.77. The third-order valence-electron chi connectivity index (χ3n) is 3.36. The number of para-hydroxylation sites is 1. The molecule has 0 aliphatic rings. The van der Waals surface area contributed by atoms with E-state index < -0.39 is 28.7 Å². The summed E-state index contributed by atoms with van der Waals surface area (Å²) in [6, 6.07) is 6.17. The van der Waals surface area contributed by atoms with E-state index >= 15 is 0 Å². The molecule has 1 amide bonds. The lowest BCUT2D eigenvalue weighted by atomic mass is 10.1. The van der Waals surface area contributed by atoms with E-state index in [0.29, 0.717) is 12.8 Å². The normalized spacial score (nSPS) is 12.2. The van der Waals surface area contributed by atoms with Crippen molar-refractivity contribution in [2.24, 2.45) is 0 Å². The second-order valence-electron chi connectivity index (χ2n) is 5.93. The zero-order valence-corrected chi connectivity index (χ0v) is 15.6. The standard InChI is InChI=1S/C16H24F3N3O3S/c1-3-11-26(24,25)21-14-8-5-4-7-13(14)15(23)20-9-6-10-22(2)12-16(17,18)19/h4-5,7-8,21H,3,6,9-12H2,1-2H3,(H,20,23). The van der Waals surface area contributed by atoms with Crippen LogP contribution in [-0.2, 0) is 10.0 Å². The molecule has 0 heterocycles. The van der Waals surface area contributed by atoms with Crippen LogP contribution in [0.25, 0.3) is 0 Å². The van der Waals surface area contributed by atoms with E-state index in [1.807, 2.05) is 0 Å². The van der Waals surface area contributed by atoms with Crippen molar-refractivity contribution in [2.75, 3.05) is 37.2 Å². The van der Waals surface area contributed by atoms with Gasteiger partial charge >= 0.3 is 6.18 Å². The lowest BCUT2D eigenvalue weighted by Crippen LogP contribution is -2.34. The summed E-state index contributed by atoms with van der Waals surface area (Å²) in [6.07, 6.45) is -3.48. The van der Waals surface area contributed by atoms with Crippen LogP contribution in [0.3, 0.4) is 0 Å². The van der Waals surface area contributed by atoms with Gasteiger partial charge in [0.05, 0.1) is 23.5 Å². The molecule has 0 aliphatic heterocycles. The van der Waals surface area contributed by atoms with Crippen molar-refractivity contribution in [3.63, 3.8) is 0 Å². The van der Waals surface area contributed by atoms with Crippen molar-refractivity contribution in [1.29, 1.82) is 0 Å². The highest BCUT2D eigenvalue weighted by atomic mass is 32.2. The molecule has 26 heavy (non-hydrogen) atoms. The van der Waals surface area contributed by atoms with E-state index in [4.69, 9.17) is 0 Å². The van der Waals surface area contributed by atoms with Crippen LogP contribution in [0.4, 0.5) is 18.9 Å². The fourth-order valence-corrected chi connectivity index (χ4v) is 3.44. The van der Waals surface area contributed by atoms with Crippen molar-refractivity contribution in [2.45, 2.75) is 25.9 Å². The van der Waals surface area contributed by atoms with E-state index in [-0.39, 0.29) is 30.1 Å². The second kappa shape index (κ2) is 9.77. The van der Waals surface area contributed by atoms with Crippen molar-refractivity contribution >= 4 is 21.6 Å². The fraction of sp³-hybridized carbons (Fsp3) is 0.562. The molecule has 0 unspecified atom stereocenters. The number of amides is 1. The molecule has 0 saturated heterocycles. The number of nitrogens with one attached hydrogen (secondary N) is 2. The van der Waals surface area contributed by atoms with Crippen LogP contribution >= 0.6 is 0 Å². The highest BCUT2D eigenvalue weighted by Gasteiger charge is 2.28. The topological polar surface area (TPSA) is 78.5 Å². The van der Waals surface area contributed by atoms with Gasteiger partial charge < -0.3 is 5.32 Å². The van der Waals surface area contributed by atoms with Gasteiger partial charge in [0.15, 0.2) is 0 Å². The molecule has 148 valence electrons. The average molecular weight is 395 g/mol. The van der Waals surface area contributed by atoms with Crippen LogP contribution in [0.15, 0.2) is 24.3 Å². The Morgan fingerprint density at radius 2 is 1.88 bits per heavy atom. The van der Waals surface area contributed by atoms with E-state index in [9.17, 15) is 26.4 Å². The largest absolute Gasteiger partial charge is 0.401 e. The molecule has 1 rings (SSSR count). The first-order valence-corrected chi connectivity index (χ1v) is 9.82. The molecule has 10 heteroatoms. The predicted octanol–water partition coefficient (Wildman–Crippen LogP) is 2.45. The minimum absolute atomic E-state index is 0.0610. The Kier molecular flexibility index (Phi) is 8.35. The summed E-state index contributed by atoms with van der Waals surface area (Å²) >= 11 is 0. The third-order valence-corrected chi connectivity index (χ3v) is 4.84. The van der Waals surface area contributed by atoms with Crippen LogP contribution in [0, 0.1) is 0 Å². The third kappa shape index (κ3) is 8.52. The Bertz CT molecular complexity index is 693. The number of carbonyl (C=O) groups is 1. The maximum Gasteiger partial charge on any atom is 0.401 e. The van der Waals surface area contributed by atoms with Gasteiger partial charge in [-0.1, -0.05) is 19.1 Å². The summed E-state index contributed by atoms with van der Waals surface area (Å²) in [5.74, 6) is -0.549. The molecule has 1 aromatic rings. The van der Waals surface area contributed by atoms with E-state index in [1.54, 1.807) is 19.1 Å². The first-order chi connectivity index (χ1) is 12.0. The Labute approximate surface area is 151 Å². The van der Waals surface area contributed by atoms with Gasteiger partial charge in [-0.15, -0.1) is 0 Å². The average Bonchev–Trinajstić information content (AvgIpc) is 2.49. The van der Waals surface area contributed by atoms with Gasteiger partial charge in [0.25, 0.3) is 5.91 Å². The van der Waals surface area contributed by atoms with Crippen molar-refractivity contribution in [3.05, 3.63) is 29.8 Å². The Balaban J connectivity index is 2.58. The number of anilines is 1. The molecule has 0 bridgehead atoms. The number of rotatable bonds is 10. The molecule has 0 spiro atoms. The summed E-state index contributed by atoms with van der Waals surface area (Å²) in [7, 11) is -2.18. The summed E-state index contributed by atoms with van der Waals surface area (Å²) in [5, 5.41) is 2.59. The lowest BCUT2D eigenvalue weighted by molar-refractivity contribution is -0.143. The molecule has 1 aromatic carbocycles. The van der Waals surface area contributed by atoms with Crippen LogP contribution < -0.4 is 10.0 Å². The first kappa shape index (κ1) is 22.2. The number of benzene rings is 1. The number of hydrogen-bond acceptors (Lipinski definition) is 4. The van der Waals surface area contributed by atoms with Crippen molar-refractivity contribution in [1.82, 2.24) is 10.2 Å². The van der Waals surface area contributed by atoms with Gasteiger partial charge in [0, 0.05) is 6.54 Å². The Morgan fingerprint density at radius 3 is 2.50 bits per heavy atom. The number of hydrogen-bond donors (Lipinski definition) is 2. The van der Waals surface area contributed by atoms with Gasteiger partial charge in [-0.25, -0.2) is 8.42 Å². The molecule has 0 aliphatic carbocycles. The maximum absolute atomic E-state index is 12.2. The van der Waals surface area contributed by atoms with Crippen molar-refractivity contribution < 1.29 is 26.4 Å². The number of nitrogens with zero attached hydrogens (tertiary/aromatic N) is 1. The van der Waals surface area contributed by atoms with Gasteiger partial charge in [0.1, 0.15) is 0 Å². The Hall–Kier alpha value is -1.81. The van der Waals surface area contributed by atoms with Crippen LogP contribution in [-0.4, -0.2) is 57.8 Å². The molecule has 0 fully saturated rings. The summed E-state index contributed by atoms with van der Waals surface area (Å²) in [4.78, 5) is 13.4. The smallest absolute Gasteiger partial charge is 0.352 e. The highest BCUT2D eigenvalue weighted by molar-refractivity contribution is 7.92. The predicted molar refractivity (Wildman–Crippen MR) is 94.6 cm³/mol. The molecule has 0 atom stereocenters. The Morgan fingerprint density at radius 1 is 1.23 bits per heavy atom. The van der Waals surface area contributed by atoms with E-state index in [2.05, 4.69) is 10.0 Å². The number of alkyl halides is 3. The molecule has 0 radical (unpaired) electrons. The summed E-state index contributed by atoms with van der Waals surface area (Å²) in [5.41, 5.74) is 0.337. The van der Waals surface area contributed by atoms with Gasteiger partial charge in [-0.2, -0.15) is 13.2 Å². The SMILES string of the molecule is CCCS(=O)(=O)Nc1ccccc1C(=O)NCCCN(C)CC(F)(F)F. The number of carbonyl (C=O) groups excluding carboxylic acids is 1. The molecule has 0 saturated carbocycles. The molecule has 6 nitrogen and oxygen atoms in total. The van der Waals surface area contributed by atoms with E-state index in [0.717, 1.165) is 4.90 Å². The van der Waals surface area contributed by atoms with Gasteiger partial charge in [-0.05, 0) is 38.6 Å². The maximum atomic E-state index is 12.2. The monoisotopic (exact) mass is 395 g/mol. The van der Waals surface area contributed by atoms with E-state index in [1.165, 1.54) is 19.2 Å². The summed E-state index contributed by atoms with van der Waals surface area (Å²) < 4.78 is 62.8. The minimum atomic E-state index is -4.26. The lowest BCUT2D eigenvalue weighted by Gasteiger charge is -2.18. The number of sulfonamides is 1. The number of halogens is 3. The zero-order valence-electron chi connectivity index (χ0n) is 14.8. The first-order valence-electron chi connectivity index (χ1n) is 8.17. The summed E-state index contributed by atoms with van der Waals surface area (Å²) in [6.45, 7) is 1.07. The molecule has 2 N–H and O–H groups in total. The van der Waals surface area contributed by atoms with Crippen LogP contribution in [0.2, 0.25) is 0 Å². The van der Waals surface area contributed by atoms with Crippen LogP contribution in [0.1, 0.15) is 30.1 Å². The molecular weight excluding hydrogens is 371 g/mol. The van der Waals surface area contributed by atoms with Gasteiger partial charge in [-0.3, -0.25) is 14.4 Å². The van der Waals surface area contributed by atoms with Crippen molar-refractivity contribution in [3.8, 4) is 0 Å². The highest BCUT2D eigenvalue weighted by Crippen LogP contribution is 2.17.